The summed E-state index contributed by atoms with van der Waals surface area (Å²) in [7, 11) is 0. The Morgan fingerprint density at radius 1 is 1.10 bits per heavy atom. The molecule has 0 bridgehead atoms. The zero-order valence-corrected chi connectivity index (χ0v) is 10.9. The molecule has 0 saturated heterocycles. The lowest BCUT2D eigenvalue weighted by Gasteiger charge is -2.07. The lowest BCUT2D eigenvalue weighted by molar-refractivity contribution is 0.0950. The second-order valence-electron chi connectivity index (χ2n) is 4.29. The Balaban J connectivity index is 2.08. The Bertz CT molecular complexity index is 772. The van der Waals surface area contributed by atoms with Crippen molar-refractivity contribution in [2.45, 2.75) is 6.54 Å². The normalized spacial score (nSPS) is 9.48. The fourth-order valence-electron chi connectivity index (χ4n) is 1.77. The van der Waals surface area contributed by atoms with Gasteiger partial charge in [-0.2, -0.15) is 10.5 Å². The largest absolute Gasteiger partial charge is 0.348 e. The lowest BCUT2D eigenvalue weighted by Crippen LogP contribution is -2.23. The molecule has 0 aliphatic carbocycles. The highest BCUT2D eigenvalue weighted by molar-refractivity contribution is 5.94. The molecule has 0 heterocycles. The second-order valence-corrected chi connectivity index (χ2v) is 4.29. The number of amides is 1. The maximum atomic E-state index is 13.7. The van der Waals surface area contributed by atoms with Gasteiger partial charge in [0.2, 0.25) is 0 Å². The van der Waals surface area contributed by atoms with Gasteiger partial charge in [0, 0.05) is 17.7 Å². The summed E-state index contributed by atoms with van der Waals surface area (Å²) in [4.78, 5) is 11.9. The molecule has 0 saturated carbocycles. The zero-order chi connectivity index (χ0) is 15.2. The van der Waals surface area contributed by atoms with E-state index in [-0.39, 0.29) is 12.1 Å². The number of carbonyl (C=O) groups excluding carboxylic acids is 1. The SMILES string of the molecule is N#Cc1cccc(C(=O)NCc2ccc(C#N)cc2F)c1. The topological polar surface area (TPSA) is 76.7 Å². The quantitative estimate of drug-likeness (QED) is 0.937. The monoisotopic (exact) mass is 279 g/mol. The summed E-state index contributed by atoms with van der Waals surface area (Å²) in [5, 5.41) is 20.0. The van der Waals surface area contributed by atoms with E-state index in [1.807, 2.05) is 12.1 Å². The standard InChI is InChI=1S/C16H10FN3O/c17-15-7-12(9-19)4-5-14(15)10-20-16(21)13-3-1-2-11(6-13)8-18/h1-7H,10H2,(H,20,21). The van der Waals surface area contributed by atoms with E-state index >= 15 is 0 Å². The Kier molecular flexibility index (Phi) is 4.28. The molecule has 0 unspecified atom stereocenters. The van der Waals surface area contributed by atoms with E-state index in [1.54, 1.807) is 18.2 Å². The number of carbonyl (C=O) groups is 1. The first-order chi connectivity index (χ1) is 10.1. The van der Waals surface area contributed by atoms with Crippen LogP contribution in [0.3, 0.4) is 0 Å². The number of nitrogens with zero attached hydrogens (tertiary/aromatic N) is 2. The van der Waals surface area contributed by atoms with Crippen LogP contribution in [0.2, 0.25) is 0 Å². The van der Waals surface area contributed by atoms with Crippen LogP contribution in [-0.2, 0) is 6.54 Å². The van der Waals surface area contributed by atoms with Gasteiger partial charge in [0.1, 0.15) is 5.82 Å². The van der Waals surface area contributed by atoms with Gasteiger partial charge in [-0.3, -0.25) is 4.79 Å². The Morgan fingerprint density at radius 3 is 2.48 bits per heavy atom. The van der Waals surface area contributed by atoms with Crippen LogP contribution in [0.1, 0.15) is 27.0 Å². The molecule has 2 rings (SSSR count). The minimum Gasteiger partial charge on any atom is -0.348 e. The van der Waals surface area contributed by atoms with Crippen LogP contribution >= 0.6 is 0 Å². The van der Waals surface area contributed by atoms with Crippen molar-refractivity contribution in [3.8, 4) is 12.1 Å². The van der Waals surface area contributed by atoms with Crippen molar-refractivity contribution in [1.29, 1.82) is 10.5 Å². The van der Waals surface area contributed by atoms with Gasteiger partial charge in [-0.25, -0.2) is 4.39 Å². The number of hydrogen-bond donors (Lipinski definition) is 1. The van der Waals surface area contributed by atoms with Gasteiger partial charge in [-0.15, -0.1) is 0 Å². The van der Waals surface area contributed by atoms with Gasteiger partial charge in [-0.05, 0) is 30.3 Å². The summed E-state index contributed by atoms with van der Waals surface area (Å²) < 4.78 is 13.7. The summed E-state index contributed by atoms with van der Waals surface area (Å²) in [6, 6.07) is 14.1. The number of benzene rings is 2. The molecular weight excluding hydrogens is 269 g/mol. The highest BCUT2D eigenvalue weighted by Crippen LogP contribution is 2.10. The number of nitriles is 2. The Hall–Kier alpha value is -3.18. The molecular formula is C16H10FN3O. The first-order valence-electron chi connectivity index (χ1n) is 6.11. The first kappa shape index (κ1) is 14.2. The van der Waals surface area contributed by atoms with E-state index in [2.05, 4.69) is 5.32 Å². The summed E-state index contributed by atoms with van der Waals surface area (Å²) in [5.41, 5.74) is 1.23. The maximum Gasteiger partial charge on any atom is 0.251 e. The van der Waals surface area contributed by atoms with Crippen LogP contribution in [0.5, 0.6) is 0 Å². The number of rotatable bonds is 3. The number of hydrogen-bond acceptors (Lipinski definition) is 3. The third-order valence-electron chi connectivity index (χ3n) is 2.88. The predicted molar refractivity (Wildman–Crippen MR) is 73.4 cm³/mol. The highest BCUT2D eigenvalue weighted by atomic mass is 19.1. The molecule has 21 heavy (non-hydrogen) atoms. The minimum atomic E-state index is -0.542. The Labute approximate surface area is 121 Å². The van der Waals surface area contributed by atoms with Crippen LogP contribution in [0.15, 0.2) is 42.5 Å². The van der Waals surface area contributed by atoms with Gasteiger partial charge in [0.15, 0.2) is 0 Å². The molecule has 0 aromatic heterocycles. The average Bonchev–Trinajstić information content (AvgIpc) is 2.53. The van der Waals surface area contributed by atoms with Crippen molar-refractivity contribution in [3.63, 3.8) is 0 Å². The highest BCUT2D eigenvalue weighted by Gasteiger charge is 2.08. The molecule has 102 valence electrons. The molecule has 1 N–H and O–H groups in total. The van der Waals surface area contributed by atoms with Crippen LogP contribution in [0, 0.1) is 28.5 Å². The third-order valence-corrected chi connectivity index (χ3v) is 2.88. The number of nitrogens with one attached hydrogen (secondary N) is 1. The fraction of sp³-hybridized carbons (Fsp3) is 0.0625. The maximum absolute atomic E-state index is 13.7. The average molecular weight is 279 g/mol. The molecule has 4 nitrogen and oxygen atoms in total. The van der Waals surface area contributed by atoms with Gasteiger partial charge < -0.3 is 5.32 Å². The van der Waals surface area contributed by atoms with Crippen molar-refractivity contribution in [1.82, 2.24) is 5.32 Å². The zero-order valence-electron chi connectivity index (χ0n) is 10.9. The van der Waals surface area contributed by atoms with Gasteiger partial charge in [-0.1, -0.05) is 12.1 Å². The van der Waals surface area contributed by atoms with Gasteiger partial charge >= 0.3 is 0 Å². The minimum absolute atomic E-state index is 0.00710. The lowest BCUT2D eigenvalue weighted by atomic mass is 10.1. The molecule has 2 aromatic rings. The van der Waals surface area contributed by atoms with Crippen molar-refractivity contribution < 1.29 is 9.18 Å². The molecule has 2 aromatic carbocycles. The fourth-order valence-corrected chi connectivity index (χ4v) is 1.77. The van der Waals surface area contributed by atoms with E-state index in [0.29, 0.717) is 16.7 Å². The van der Waals surface area contributed by atoms with Crippen molar-refractivity contribution >= 4 is 5.91 Å². The molecule has 0 atom stereocenters. The van der Waals surface area contributed by atoms with Gasteiger partial charge in [0.05, 0.1) is 23.3 Å². The summed E-state index contributed by atoms with van der Waals surface area (Å²) in [6.45, 7) is 0.00710. The van der Waals surface area contributed by atoms with E-state index in [1.165, 1.54) is 18.2 Å². The Morgan fingerprint density at radius 2 is 1.81 bits per heavy atom. The van der Waals surface area contributed by atoms with E-state index in [9.17, 15) is 9.18 Å². The summed E-state index contributed by atoms with van der Waals surface area (Å²) in [5.74, 6) is -0.934. The third kappa shape index (κ3) is 3.43. The van der Waals surface area contributed by atoms with Crippen LogP contribution < -0.4 is 5.32 Å². The van der Waals surface area contributed by atoms with Crippen LogP contribution in [0.4, 0.5) is 4.39 Å². The first-order valence-corrected chi connectivity index (χ1v) is 6.11. The van der Waals surface area contributed by atoms with Crippen LogP contribution in [0.25, 0.3) is 0 Å². The van der Waals surface area contributed by atoms with Crippen LogP contribution in [-0.4, -0.2) is 5.91 Å². The summed E-state index contributed by atoms with van der Waals surface area (Å²) in [6.07, 6.45) is 0. The van der Waals surface area contributed by atoms with Crippen molar-refractivity contribution in [2.75, 3.05) is 0 Å². The molecule has 0 aliphatic heterocycles. The molecule has 0 spiro atoms. The van der Waals surface area contributed by atoms with Crippen molar-refractivity contribution in [3.05, 3.63) is 70.5 Å². The second kappa shape index (κ2) is 6.31. The predicted octanol–water partition coefficient (Wildman–Crippen LogP) is 2.50. The van der Waals surface area contributed by atoms with E-state index in [0.717, 1.165) is 6.07 Å². The van der Waals surface area contributed by atoms with Crippen molar-refractivity contribution in [2.24, 2.45) is 0 Å². The molecule has 1 amide bonds. The molecule has 0 fully saturated rings. The number of halogens is 1. The van der Waals surface area contributed by atoms with E-state index in [4.69, 9.17) is 10.5 Å². The molecule has 0 radical (unpaired) electrons. The van der Waals surface area contributed by atoms with E-state index < -0.39 is 11.7 Å². The smallest absolute Gasteiger partial charge is 0.251 e. The molecule has 0 aliphatic rings. The molecule has 5 heteroatoms. The summed E-state index contributed by atoms with van der Waals surface area (Å²) >= 11 is 0. The van der Waals surface area contributed by atoms with Gasteiger partial charge in [0.25, 0.3) is 5.91 Å².